The van der Waals surface area contributed by atoms with Crippen LogP contribution in [0, 0.1) is 0 Å². The fraction of sp³-hybridized carbons (Fsp3) is 0.250. The van der Waals surface area contributed by atoms with Gasteiger partial charge in [0, 0.05) is 24.2 Å². The van der Waals surface area contributed by atoms with Gasteiger partial charge in [-0.05, 0) is 12.1 Å². The van der Waals surface area contributed by atoms with Crippen molar-refractivity contribution in [1.82, 2.24) is 4.90 Å². The lowest BCUT2D eigenvalue weighted by atomic mass is 9.83. The van der Waals surface area contributed by atoms with Gasteiger partial charge in [-0.15, -0.1) is 0 Å². The number of nitrogens with zero attached hydrogens (tertiary/aromatic N) is 2. The first kappa shape index (κ1) is 15.9. The predicted molar refractivity (Wildman–Crippen MR) is 94.8 cm³/mol. The molecule has 5 nitrogen and oxygen atoms in total. The Kier molecular flexibility index (Phi) is 4.26. The molecule has 2 aromatic rings. The summed E-state index contributed by atoms with van der Waals surface area (Å²) in [5.74, 6) is -0.234. The fourth-order valence-electron chi connectivity index (χ4n) is 3.36. The Morgan fingerprint density at radius 2 is 1.52 bits per heavy atom. The van der Waals surface area contributed by atoms with Crippen molar-refractivity contribution in [2.75, 3.05) is 26.3 Å². The minimum absolute atomic E-state index is 0.0632. The normalized spacial score (nSPS) is 22.9. The van der Waals surface area contributed by atoms with Crippen LogP contribution in [0.4, 0.5) is 5.69 Å². The third kappa shape index (κ3) is 2.92. The average molecular weight is 334 g/mol. The number of hydrogen-bond acceptors (Lipinski definition) is 5. The van der Waals surface area contributed by atoms with Gasteiger partial charge in [-0.3, -0.25) is 14.5 Å². The van der Waals surface area contributed by atoms with E-state index in [-0.39, 0.29) is 11.6 Å². The van der Waals surface area contributed by atoms with Crippen molar-refractivity contribution in [1.29, 1.82) is 0 Å². The lowest BCUT2D eigenvalue weighted by Gasteiger charge is -2.36. The Balaban J connectivity index is 1.84. The van der Waals surface area contributed by atoms with E-state index in [9.17, 15) is 9.59 Å². The lowest BCUT2D eigenvalue weighted by molar-refractivity contribution is 0.0278. The number of hydrogen-bond donors (Lipinski definition) is 0. The van der Waals surface area contributed by atoms with Crippen LogP contribution in [-0.4, -0.2) is 54.5 Å². The molecule has 0 N–H and O–H groups in total. The summed E-state index contributed by atoms with van der Waals surface area (Å²) in [7, 11) is 0. The van der Waals surface area contributed by atoms with Crippen molar-refractivity contribution in [2.45, 2.75) is 6.04 Å². The maximum Gasteiger partial charge on any atom is 0.210 e. The Labute approximate surface area is 145 Å². The fourth-order valence-corrected chi connectivity index (χ4v) is 3.36. The molecule has 1 heterocycles. The van der Waals surface area contributed by atoms with Gasteiger partial charge in [-0.25, -0.2) is 4.99 Å². The van der Waals surface area contributed by atoms with Crippen LogP contribution in [0.1, 0.15) is 20.7 Å². The number of ketones is 2. The van der Waals surface area contributed by atoms with Crippen molar-refractivity contribution in [3.05, 3.63) is 65.7 Å². The Morgan fingerprint density at radius 3 is 2.24 bits per heavy atom. The van der Waals surface area contributed by atoms with E-state index in [2.05, 4.69) is 4.99 Å². The number of carbonyl (C=O) groups is 2. The Bertz CT molecular complexity index is 839. The summed E-state index contributed by atoms with van der Waals surface area (Å²) in [5.41, 5.74) is 1.90. The molecule has 4 rings (SSSR count). The molecular weight excluding hydrogens is 316 g/mol. The third-order valence-electron chi connectivity index (χ3n) is 4.59. The smallest absolute Gasteiger partial charge is 0.210 e. The molecule has 2 aromatic carbocycles. The van der Waals surface area contributed by atoms with E-state index in [1.54, 1.807) is 24.3 Å². The van der Waals surface area contributed by atoms with E-state index >= 15 is 0 Å². The quantitative estimate of drug-likeness (QED) is 0.847. The van der Waals surface area contributed by atoms with Crippen molar-refractivity contribution < 1.29 is 14.3 Å². The first-order chi connectivity index (χ1) is 12.3. The maximum atomic E-state index is 13.1. The van der Waals surface area contributed by atoms with Gasteiger partial charge in [-0.1, -0.05) is 42.5 Å². The average Bonchev–Trinajstić information content (AvgIpc) is 2.68. The molecule has 1 aliphatic carbocycles. The van der Waals surface area contributed by atoms with Crippen LogP contribution in [0.3, 0.4) is 0 Å². The number of Topliss-reactive ketones (excluding diaryl/α,β-unsaturated/α-hetero) is 2. The minimum Gasteiger partial charge on any atom is -0.379 e. The maximum absolute atomic E-state index is 13.1. The van der Waals surface area contributed by atoms with E-state index in [0.29, 0.717) is 48.8 Å². The van der Waals surface area contributed by atoms with Crippen molar-refractivity contribution in [3.63, 3.8) is 0 Å². The van der Waals surface area contributed by atoms with E-state index < -0.39 is 6.04 Å². The second kappa shape index (κ2) is 6.70. The molecule has 1 fully saturated rings. The summed E-state index contributed by atoms with van der Waals surface area (Å²) in [6.07, 6.45) is 0. The molecule has 2 aliphatic rings. The van der Waals surface area contributed by atoms with Gasteiger partial charge >= 0.3 is 0 Å². The summed E-state index contributed by atoms with van der Waals surface area (Å²) in [6, 6.07) is 15.6. The molecule has 1 aliphatic heterocycles. The highest BCUT2D eigenvalue weighted by atomic mass is 16.5. The molecular formula is C20H18N2O3. The number of carbonyl (C=O) groups excluding carboxylic acids is 2. The van der Waals surface area contributed by atoms with Crippen molar-refractivity contribution in [3.8, 4) is 0 Å². The first-order valence-electron chi connectivity index (χ1n) is 8.39. The molecule has 0 amide bonds. The molecule has 126 valence electrons. The highest BCUT2D eigenvalue weighted by Gasteiger charge is 2.42. The summed E-state index contributed by atoms with van der Waals surface area (Å²) in [4.78, 5) is 32.8. The van der Waals surface area contributed by atoms with Crippen LogP contribution >= 0.6 is 0 Å². The van der Waals surface area contributed by atoms with Crippen LogP contribution < -0.4 is 0 Å². The Morgan fingerprint density at radius 1 is 0.880 bits per heavy atom. The second-order valence-electron chi connectivity index (χ2n) is 6.12. The summed E-state index contributed by atoms with van der Waals surface area (Å²) < 4.78 is 5.40. The molecule has 1 unspecified atom stereocenters. The van der Waals surface area contributed by atoms with Crippen LogP contribution in [0.15, 0.2) is 59.6 Å². The standard InChI is InChI=1S/C20H18N2O3/c23-19-15-8-4-5-9-16(15)20(24)18(22-10-12-25-13-11-22)17(19)21-14-6-2-1-3-7-14/h1-9,18H,10-13H2. The topological polar surface area (TPSA) is 59.0 Å². The number of morpholine rings is 1. The minimum atomic E-state index is -0.647. The number of rotatable bonds is 2. The Hall–Kier alpha value is -2.63. The number of para-hydroxylation sites is 1. The number of ether oxygens (including phenoxy) is 1. The van der Waals surface area contributed by atoms with Crippen molar-refractivity contribution >= 4 is 23.0 Å². The summed E-state index contributed by atoms with van der Waals surface area (Å²) in [6.45, 7) is 2.33. The molecule has 25 heavy (non-hydrogen) atoms. The molecule has 1 saturated heterocycles. The lowest BCUT2D eigenvalue weighted by Crippen LogP contribution is -2.55. The summed E-state index contributed by atoms with van der Waals surface area (Å²) in [5, 5.41) is 0. The number of aliphatic imine (C=N–C) groups is 1. The number of fused-ring (bicyclic) bond motifs is 1. The monoisotopic (exact) mass is 334 g/mol. The van der Waals surface area contributed by atoms with Crippen LogP contribution in [0.25, 0.3) is 0 Å². The van der Waals surface area contributed by atoms with E-state index in [1.807, 2.05) is 35.2 Å². The zero-order chi connectivity index (χ0) is 17.2. The van der Waals surface area contributed by atoms with Crippen LogP contribution in [-0.2, 0) is 4.74 Å². The van der Waals surface area contributed by atoms with Gasteiger partial charge in [0.15, 0.2) is 5.78 Å². The highest BCUT2D eigenvalue weighted by molar-refractivity contribution is 6.55. The van der Waals surface area contributed by atoms with Crippen LogP contribution in [0.2, 0.25) is 0 Å². The zero-order valence-corrected chi connectivity index (χ0v) is 13.7. The molecule has 0 bridgehead atoms. The molecule has 0 saturated carbocycles. The van der Waals surface area contributed by atoms with E-state index in [4.69, 9.17) is 4.74 Å². The molecule has 1 atom stereocenters. The SMILES string of the molecule is O=C1C(=Nc2ccccc2)C(N2CCOCC2)C(=O)c2ccccc21. The summed E-state index contributed by atoms with van der Waals surface area (Å²) >= 11 is 0. The van der Waals surface area contributed by atoms with Crippen molar-refractivity contribution in [2.24, 2.45) is 4.99 Å². The molecule has 0 radical (unpaired) electrons. The van der Waals surface area contributed by atoms with Gasteiger partial charge in [0.2, 0.25) is 5.78 Å². The van der Waals surface area contributed by atoms with E-state index in [1.165, 1.54) is 0 Å². The molecule has 5 heteroatoms. The van der Waals surface area contributed by atoms with Gasteiger partial charge in [-0.2, -0.15) is 0 Å². The van der Waals surface area contributed by atoms with Gasteiger partial charge in [0.25, 0.3) is 0 Å². The molecule has 0 spiro atoms. The van der Waals surface area contributed by atoms with Crippen LogP contribution in [0.5, 0.6) is 0 Å². The van der Waals surface area contributed by atoms with Gasteiger partial charge in [0.1, 0.15) is 11.8 Å². The van der Waals surface area contributed by atoms with E-state index in [0.717, 1.165) is 0 Å². The number of benzene rings is 2. The third-order valence-corrected chi connectivity index (χ3v) is 4.59. The first-order valence-corrected chi connectivity index (χ1v) is 8.39. The molecule has 0 aromatic heterocycles. The van der Waals surface area contributed by atoms with Gasteiger partial charge in [0.05, 0.1) is 18.9 Å². The van der Waals surface area contributed by atoms with Gasteiger partial charge < -0.3 is 4.74 Å². The second-order valence-corrected chi connectivity index (χ2v) is 6.12. The largest absolute Gasteiger partial charge is 0.379 e. The predicted octanol–water partition coefficient (Wildman–Crippen LogP) is 2.54. The zero-order valence-electron chi connectivity index (χ0n) is 13.7. The highest BCUT2D eigenvalue weighted by Crippen LogP contribution is 2.26.